The highest BCUT2D eigenvalue weighted by atomic mass is 19.4. The highest BCUT2D eigenvalue weighted by Crippen LogP contribution is 2.31. The molecule has 0 saturated heterocycles. The van der Waals surface area contributed by atoms with E-state index in [-0.39, 0.29) is 11.3 Å². The van der Waals surface area contributed by atoms with Crippen LogP contribution in [0.4, 0.5) is 18.9 Å². The monoisotopic (exact) mass is 279 g/mol. The summed E-state index contributed by atoms with van der Waals surface area (Å²) in [5.41, 5.74) is -0.778. The van der Waals surface area contributed by atoms with Crippen molar-refractivity contribution in [1.82, 2.24) is 0 Å². The fraction of sp³-hybridized carbons (Fsp3) is 0.133. The number of halogens is 3. The molecule has 0 fully saturated rings. The Morgan fingerprint density at radius 3 is 2.15 bits per heavy atom. The third-order valence-corrected chi connectivity index (χ3v) is 2.63. The van der Waals surface area contributed by atoms with E-state index >= 15 is 0 Å². The van der Waals surface area contributed by atoms with Crippen LogP contribution in [0.5, 0.6) is 5.75 Å². The minimum Gasteiger partial charge on any atom is -0.494 e. The highest BCUT2D eigenvalue weighted by Gasteiger charge is 2.36. The Labute approximate surface area is 114 Å². The Kier molecular flexibility index (Phi) is 4.08. The number of ether oxygens (including phenoxy) is 1. The zero-order valence-electron chi connectivity index (χ0n) is 10.7. The largest absolute Gasteiger partial charge is 0.494 e. The highest BCUT2D eigenvalue weighted by molar-refractivity contribution is 6.06. The second-order valence-electron chi connectivity index (χ2n) is 4.00. The van der Waals surface area contributed by atoms with Crippen molar-refractivity contribution in [3.8, 4) is 5.75 Å². The predicted molar refractivity (Wildman–Crippen MR) is 71.7 cm³/mol. The van der Waals surface area contributed by atoms with Crippen molar-refractivity contribution in [1.29, 1.82) is 0 Å². The summed E-state index contributed by atoms with van der Waals surface area (Å²) < 4.78 is 44.5. The summed E-state index contributed by atoms with van der Waals surface area (Å²) in [7, 11) is 1.39. The van der Waals surface area contributed by atoms with E-state index in [1.807, 2.05) is 0 Å². The molecule has 2 aromatic carbocycles. The van der Waals surface area contributed by atoms with Crippen LogP contribution in [0.15, 0.2) is 59.6 Å². The lowest BCUT2D eigenvalue weighted by atomic mass is 10.1. The number of aliphatic imine (C=N–C) groups is 1. The standard InChI is InChI=1S/C15H12F3NO/c1-20-13-10-6-5-9-12(13)19-14(15(16,17)18)11-7-3-2-4-8-11/h2-10H,1H3. The molecule has 5 heteroatoms. The van der Waals surface area contributed by atoms with Gasteiger partial charge < -0.3 is 4.74 Å². The van der Waals surface area contributed by atoms with Crippen LogP contribution < -0.4 is 4.74 Å². The van der Waals surface area contributed by atoms with E-state index in [1.165, 1.54) is 25.3 Å². The minimum absolute atomic E-state index is 0.0194. The van der Waals surface area contributed by atoms with Crippen molar-refractivity contribution in [2.24, 2.45) is 4.99 Å². The number of nitrogens with zero attached hydrogens (tertiary/aromatic N) is 1. The van der Waals surface area contributed by atoms with Crippen LogP contribution in [0.1, 0.15) is 5.56 Å². The van der Waals surface area contributed by atoms with Gasteiger partial charge in [0.25, 0.3) is 0 Å². The fourth-order valence-electron chi connectivity index (χ4n) is 1.73. The Bertz CT molecular complexity index is 606. The first-order chi connectivity index (χ1) is 9.52. The third-order valence-electron chi connectivity index (χ3n) is 2.63. The van der Waals surface area contributed by atoms with Crippen molar-refractivity contribution in [3.05, 3.63) is 60.2 Å². The molecule has 0 radical (unpaired) electrons. The summed E-state index contributed by atoms with van der Waals surface area (Å²) in [5, 5.41) is 0. The van der Waals surface area contributed by atoms with Gasteiger partial charge in [0, 0.05) is 5.56 Å². The molecule has 104 valence electrons. The molecule has 0 N–H and O–H groups in total. The van der Waals surface area contributed by atoms with Gasteiger partial charge in [0.1, 0.15) is 11.4 Å². The van der Waals surface area contributed by atoms with Crippen LogP contribution >= 0.6 is 0 Å². The number of hydrogen-bond acceptors (Lipinski definition) is 2. The smallest absolute Gasteiger partial charge is 0.433 e. The number of benzene rings is 2. The lowest BCUT2D eigenvalue weighted by Gasteiger charge is -2.12. The third kappa shape index (κ3) is 3.17. The average Bonchev–Trinajstić information content (AvgIpc) is 2.45. The maximum absolute atomic E-state index is 13.2. The first-order valence-electron chi connectivity index (χ1n) is 5.86. The predicted octanol–water partition coefficient (Wildman–Crippen LogP) is 4.38. The average molecular weight is 279 g/mol. The van der Waals surface area contributed by atoms with Crippen LogP contribution in [-0.2, 0) is 0 Å². The molecule has 0 spiro atoms. The zero-order valence-corrected chi connectivity index (χ0v) is 10.7. The molecule has 0 unspecified atom stereocenters. The van der Waals surface area contributed by atoms with Crippen LogP contribution in [0, 0.1) is 0 Å². The van der Waals surface area contributed by atoms with E-state index < -0.39 is 11.9 Å². The van der Waals surface area contributed by atoms with Gasteiger partial charge in [-0.3, -0.25) is 0 Å². The van der Waals surface area contributed by atoms with Gasteiger partial charge in [-0.1, -0.05) is 42.5 Å². The summed E-state index contributed by atoms with van der Waals surface area (Å²) in [5.74, 6) is 0.296. The van der Waals surface area contributed by atoms with Gasteiger partial charge in [0.15, 0.2) is 5.71 Å². The van der Waals surface area contributed by atoms with Gasteiger partial charge in [-0.05, 0) is 12.1 Å². The number of hydrogen-bond donors (Lipinski definition) is 0. The van der Waals surface area contributed by atoms with Gasteiger partial charge in [0.05, 0.1) is 7.11 Å². The van der Waals surface area contributed by atoms with E-state index in [4.69, 9.17) is 4.74 Å². The van der Waals surface area contributed by atoms with E-state index in [2.05, 4.69) is 4.99 Å². The van der Waals surface area contributed by atoms with Gasteiger partial charge in [-0.25, -0.2) is 4.99 Å². The van der Waals surface area contributed by atoms with Crippen molar-refractivity contribution in [2.75, 3.05) is 7.11 Å². The van der Waals surface area contributed by atoms with E-state index in [0.29, 0.717) is 5.75 Å². The summed E-state index contributed by atoms with van der Waals surface area (Å²) in [6, 6.07) is 13.8. The summed E-state index contributed by atoms with van der Waals surface area (Å²) in [6.45, 7) is 0. The molecular weight excluding hydrogens is 267 g/mol. The molecule has 0 bridgehead atoms. The second kappa shape index (κ2) is 5.77. The van der Waals surface area contributed by atoms with Crippen LogP contribution in [0.2, 0.25) is 0 Å². The lowest BCUT2D eigenvalue weighted by molar-refractivity contribution is -0.0579. The normalized spacial score (nSPS) is 12.3. The van der Waals surface area contributed by atoms with Gasteiger partial charge in [-0.2, -0.15) is 13.2 Å². The van der Waals surface area contributed by atoms with Crippen LogP contribution in [-0.4, -0.2) is 19.0 Å². The maximum Gasteiger partial charge on any atom is 0.433 e. The molecule has 2 rings (SSSR count). The van der Waals surface area contributed by atoms with Crippen molar-refractivity contribution >= 4 is 11.4 Å². The molecule has 0 amide bonds. The molecule has 2 nitrogen and oxygen atoms in total. The van der Waals surface area contributed by atoms with Gasteiger partial charge in [0.2, 0.25) is 0 Å². The Morgan fingerprint density at radius 1 is 0.950 bits per heavy atom. The molecule has 0 aliphatic heterocycles. The van der Waals surface area contributed by atoms with Gasteiger partial charge >= 0.3 is 6.18 Å². The van der Waals surface area contributed by atoms with E-state index in [0.717, 1.165) is 0 Å². The first-order valence-corrected chi connectivity index (χ1v) is 5.86. The minimum atomic E-state index is -4.54. The van der Waals surface area contributed by atoms with Crippen molar-refractivity contribution in [2.45, 2.75) is 6.18 Å². The number of methoxy groups -OCH3 is 1. The number of para-hydroxylation sites is 2. The zero-order chi connectivity index (χ0) is 14.6. The molecule has 2 aromatic rings. The molecular formula is C15H12F3NO. The van der Waals surface area contributed by atoms with Crippen molar-refractivity contribution in [3.63, 3.8) is 0 Å². The Hall–Kier alpha value is -2.30. The van der Waals surface area contributed by atoms with Crippen LogP contribution in [0.25, 0.3) is 0 Å². The molecule has 0 atom stereocenters. The molecule has 0 aliphatic carbocycles. The van der Waals surface area contributed by atoms with E-state index in [9.17, 15) is 13.2 Å². The quantitative estimate of drug-likeness (QED) is 0.764. The molecule has 0 saturated carbocycles. The van der Waals surface area contributed by atoms with E-state index in [1.54, 1.807) is 36.4 Å². The SMILES string of the molecule is COc1ccccc1N=C(c1ccccc1)C(F)(F)F. The van der Waals surface area contributed by atoms with Gasteiger partial charge in [-0.15, -0.1) is 0 Å². The topological polar surface area (TPSA) is 21.6 Å². The van der Waals surface area contributed by atoms with Crippen LogP contribution in [0.3, 0.4) is 0 Å². The summed E-state index contributed by atoms with van der Waals surface area (Å²) in [4.78, 5) is 3.74. The maximum atomic E-state index is 13.2. The number of rotatable bonds is 3. The Balaban J connectivity index is 2.55. The summed E-state index contributed by atoms with van der Waals surface area (Å²) in [6.07, 6.45) is -4.54. The lowest BCUT2D eigenvalue weighted by Crippen LogP contribution is -2.23. The fourth-order valence-corrected chi connectivity index (χ4v) is 1.73. The summed E-state index contributed by atoms with van der Waals surface area (Å²) >= 11 is 0. The molecule has 20 heavy (non-hydrogen) atoms. The molecule has 0 aromatic heterocycles. The first kappa shape index (κ1) is 14.1. The second-order valence-corrected chi connectivity index (χ2v) is 4.00. The van der Waals surface area contributed by atoms with Crippen molar-refractivity contribution < 1.29 is 17.9 Å². The molecule has 0 heterocycles. The molecule has 0 aliphatic rings. The number of alkyl halides is 3. The Morgan fingerprint density at radius 2 is 1.55 bits per heavy atom.